The van der Waals surface area contributed by atoms with Gasteiger partial charge in [-0.3, -0.25) is 4.79 Å². The van der Waals surface area contributed by atoms with Crippen LogP contribution in [0.5, 0.6) is 0 Å². The molecule has 0 atom stereocenters. The Morgan fingerprint density at radius 2 is 1.85 bits per heavy atom. The van der Waals surface area contributed by atoms with E-state index in [2.05, 4.69) is 10.3 Å². The summed E-state index contributed by atoms with van der Waals surface area (Å²) in [5.74, 6) is 0.445. The summed E-state index contributed by atoms with van der Waals surface area (Å²) < 4.78 is 5.42. The molecule has 1 saturated carbocycles. The number of piperazine rings is 1. The highest BCUT2D eigenvalue weighted by molar-refractivity contribution is 6.29. The number of pyridine rings is 1. The highest BCUT2D eigenvalue weighted by Crippen LogP contribution is 2.25. The van der Waals surface area contributed by atoms with Crippen molar-refractivity contribution < 1.29 is 14.3 Å². The van der Waals surface area contributed by atoms with Gasteiger partial charge in [-0.1, -0.05) is 11.6 Å². The Morgan fingerprint density at radius 3 is 2.42 bits per heavy atom. The number of halogens is 1. The summed E-state index contributed by atoms with van der Waals surface area (Å²) in [6, 6.07) is 3.61. The first-order chi connectivity index (χ1) is 12.2. The zero-order chi connectivity index (χ0) is 18.9. The molecule has 1 aliphatic heterocycles. The molecule has 2 heterocycles. The number of hydrogen-bond acceptors (Lipinski definition) is 5. The van der Waals surface area contributed by atoms with E-state index in [1.54, 1.807) is 17.0 Å². The summed E-state index contributed by atoms with van der Waals surface area (Å²) >= 11 is 6.06. The average Bonchev–Trinajstić information content (AvgIpc) is 3.37. The highest BCUT2D eigenvalue weighted by atomic mass is 35.5. The molecule has 1 aliphatic carbocycles. The summed E-state index contributed by atoms with van der Waals surface area (Å²) in [5.41, 5.74) is 0.00332. The second-order valence-electron chi connectivity index (χ2n) is 7.71. The molecule has 0 unspecified atom stereocenters. The van der Waals surface area contributed by atoms with Crippen LogP contribution in [0.15, 0.2) is 12.1 Å². The lowest BCUT2D eigenvalue weighted by atomic mass is 10.2. The molecule has 8 heteroatoms. The van der Waals surface area contributed by atoms with Gasteiger partial charge in [0.2, 0.25) is 0 Å². The van der Waals surface area contributed by atoms with Crippen LogP contribution in [0.2, 0.25) is 5.15 Å². The van der Waals surface area contributed by atoms with Crippen LogP contribution < -0.4 is 10.2 Å². The zero-order valence-corrected chi connectivity index (χ0v) is 16.2. The van der Waals surface area contributed by atoms with Crippen LogP contribution in [0.1, 0.15) is 44.0 Å². The summed E-state index contributed by atoms with van der Waals surface area (Å²) in [5, 5.41) is 3.33. The Labute approximate surface area is 158 Å². The van der Waals surface area contributed by atoms with Crippen molar-refractivity contribution in [1.29, 1.82) is 0 Å². The highest BCUT2D eigenvalue weighted by Gasteiger charge is 2.30. The van der Waals surface area contributed by atoms with Crippen molar-refractivity contribution in [2.45, 2.75) is 45.3 Å². The lowest BCUT2D eigenvalue weighted by molar-refractivity contribution is 0.0240. The topological polar surface area (TPSA) is 74.8 Å². The second kappa shape index (κ2) is 7.31. The molecule has 0 spiro atoms. The van der Waals surface area contributed by atoms with Crippen LogP contribution >= 0.6 is 11.6 Å². The van der Waals surface area contributed by atoms with E-state index in [0.717, 1.165) is 12.8 Å². The average molecular weight is 381 g/mol. The normalized spacial score (nSPS) is 17.8. The third-order valence-corrected chi connectivity index (χ3v) is 4.44. The Balaban J connectivity index is 1.68. The van der Waals surface area contributed by atoms with Crippen LogP contribution in [0.25, 0.3) is 0 Å². The fourth-order valence-electron chi connectivity index (χ4n) is 2.76. The Hall–Kier alpha value is -2.02. The number of hydrogen-bond donors (Lipinski definition) is 1. The van der Waals surface area contributed by atoms with Gasteiger partial charge in [-0.25, -0.2) is 9.78 Å². The quantitative estimate of drug-likeness (QED) is 0.816. The van der Waals surface area contributed by atoms with E-state index in [4.69, 9.17) is 16.3 Å². The van der Waals surface area contributed by atoms with Crippen molar-refractivity contribution in [1.82, 2.24) is 15.2 Å². The predicted octanol–water partition coefficient (Wildman–Crippen LogP) is 2.68. The van der Waals surface area contributed by atoms with Gasteiger partial charge in [-0.05, 0) is 45.7 Å². The van der Waals surface area contributed by atoms with Crippen molar-refractivity contribution >= 4 is 29.4 Å². The zero-order valence-electron chi connectivity index (χ0n) is 15.4. The predicted molar refractivity (Wildman–Crippen MR) is 99.8 cm³/mol. The molecule has 142 valence electrons. The summed E-state index contributed by atoms with van der Waals surface area (Å²) in [6.45, 7) is 7.69. The number of nitrogens with one attached hydrogen (secondary N) is 1. The van der Waals surface area contributed by atoms with Crippen molar-refractivity contribution in [2.75, 3.05) is 31.1 Å². The molecule has 1 aromatic rings. The van der Waals surface area contributed by atoms with Crippen molar-refractivity contribution in [3.05, 3.63) is 22.8 Å². The number of amides is 2. The first-order valence-electron chi connectivity index (χ1n) is 8.93. The van der Waals surface area contributed by atoms with Crippen LogP contribution in [-0.4, -0.2) is 59.7 Å². The smallest absolute Gasteiger partial charge is 0.410 e. The van der Waals surface area contributed by atoms with Crippen LogP contribution in [0, 0.1) is 0 Å². The minimum absolute atomic E-state index is 0.124. The molecule has 0 radical (unpaired) electrons. The minimum atomic E-state index is -0.517. The number of ether oxygens (including phenoxy) is 1. The largest absolute Gasteiger partial charge is 0.444 e. The van der Waals surface area contributed by atoms with Gasteiger partial charge in [0.05, 0.1) is 5.56 Å². The standard InChI is InChI=1S/C18H25ClN4O3/c1-18(2,3)26-17(25)23-10-8-22(9-11-23)15-13(6-7-14(19)21-15)16(24)20-12-4-5-12/h6-7,12H,4-5,8-11H2,1-3H3,(H,20,24). The summed E-state index contributed by atoms with van der Waals surface area (Å²) in [7, 11) is 0. The van der Waals surface area contributed by atoms with E-state index in [0.29, 0.717) is 42.7 Å². The summed E-state index contributed by atoms with van der Waals surface area (Å²) in [4.78, 5) is 32.7. The fraction of sp³-hybridized carbons (Fsp3) is 0.611. The molecule has 1 N–H and O–H groups in total. The van der Waals surface area contributed by atoms with Gasteiger partial charge in [-0.15, -0.1) is 0 Å². The molecule has 0 aromatic carbocycles. The van der Waals surface area contributed by atoms with E-state index < -0.39 is 5.60 Å². The molecule has 2 fully saturated rings. The van der Waals surface area contributed by atoms with Gasteiger partial charge in [0.15, 0.2) is 0 Å². The number of carbonyl (C=O) groups is 2. The molecule has 1 saturated heterocycles. The molecule has 2 amide bonds. The molecule has 0 bridgehead atoms. The van der Waals surface area contributed by atoms with E-state index in [1.807, 2.05) is 25.7 Å². The summed E-state index contributed by atoms with van der Waals surface area (Å²) in [6.07, 6.45) is 1.73. The number of carbonyl (C=O) groups excluding carboxylic acids is 2. The van der Waals surface area contributed by atoms with Gasteiger partial charge >= 0.3 is 6.09 Å². The van der Waals surface area contributed by atoms with E-state index in [9.17, 15) is 9.59 Å². The number of rotatable bonds is 3. The molecule has 3 rings (SSSR count). The Bertz CT molecular complexity index is 692. The molecular weight excluding hydrogens is 356 g/mol. The minimum Gasteiger partial charge on any atom is -0.444 e. The van der Waals surface area contributed by atoms with Crippen LogP contribution in [-0.2, 0) is 4.74 Å². The maximum Gasteiger partial charge on any atom is 0.410 e. The van der Waals surface area contributed by atoms with Gasteiger partial charge in [0.25, 0.3) is 5.91 Å². The first kappa shape index (κ1) is 18.8. The third kappa shape index (κ3) is 4.78. The monoisotopic (exact) mass is 380 g/mol. The van der Waals surface area contributed by atoms with Gasteiger partial charge in [0.1, 0.15) is 16.6 Å². The number of nitrogens with zero attached hydrogens (tertiary/aromatic N) is 3. The first-order valence-corrected chi connectivity index (χ1v) is 9.31. The Kier molecular flexibility index (Phi) is 5.27. The molecule has 26 heavy (non-hydrogen) atoms. The van der Waals surface area contributed by atoms with E-state index in [-0.39, 0.29) is 18.0 Å². The van der Waals surface area contributed by atoms with Gasteiger partial charge < -0.3 is 19.9 Å². The van der Waals surface area contributed by atoms with Crippen molar-refractivity contribution in [2.24, 2.45) is 0 Å². The molecule has 2 aliphatic rings. The third-order valence-electron chi connectivity index (χ3n) is 4.23. The van der Waals surface area contributed by atoms with Crippen molar-refractivity contribution in [3.63, 3.8) is 0 Å². The number of anilines is 1. The lowest BCUT2D eigenvalue weighted by Crippen LogP contribution is -2.50. The van der Waals surface area contributed by atoms with Crippen molar-refractivity contribution in [3.8, 4) is 0 Å². The number of aromatic nitrogens is 1. The molecular formula is C18H25ClN4O3. The molecule has 7 nitrogen and oxygen atoms in total. The SMILES string of the molecule is CC(C)(C)OC(=O)N1CCN(c2nc(Cl)ccc2C(=O)NC2CC2)CC1. The van der Waals surface area contributed by atoms with Gasteiger partial charge in [-0.2, -0.15) is 0 Å². The van der Waals surface area contributed by atoms with E-state index >= 15 is 0 Å². The Morgan fingerprint density at radius 1 is 1.19 bits per heavy atom. The van der Waals surface area contributed by atoms with Gasteiger partial charge in [0, 0.05) is 32.2 Å². The van der Waals surface area contributed by atoms with Crippen LogP contribution in [0.4, 0.5) is 10.6 Å². The second-order valence-corrected chi connectivity index (χ2v) is 8.09. The molecule has 1 aromatic heterocycles. The fourth-order valence-corrected chi connectivity index (χ4v) is 2.90. The maximum atomic E-state index is 12.5. The van der Waals surface area contributed by atoms with E-state index in [1.165, 1.54) is 0 Å². The van der Waals surface area contributed by atoms with Crippen LogP contribution in [0.3, 0.4) is 0 Å². The lowest BCUT2D eigenvalue weighted by Gasteiger charge is -2.36. The maximum absolute atomic E-state index is 12.5.